The quantitative estimate of drug-likeness (QED) is 0.376. The summed E-state index contributed by atoms with van der Waals surface area (Å²) in [6, 6.07) is 11.2. The Morgan fingerprint density at radius 1 is 0.971 bits per heavy atom. The molecule has 0 saturated carbocycles. The third-order valence-electron chi connectivity index (χ3n) is 4.87. The highest BCUT2D eigenvalue weighted by molar-refractivity contribution is 7.92. The Bertz CT molecular complexity index is 1490. The minimum atomic E-state index is -4.23. The molecular formula is C23H22N6O5S. The van der Waals surface area contributed by atoms with E-state index in [1.165, 1.54) is 31.8 Å². The lowest BCUT2D eigenvalue weighted by Crippen LogP contribution is -2.21. The molecule has 0 saturated heterocycles. The molecule has 2 N–H and O–H groups in total. The number of hydrogen-bond acceptors (Lipinski definition) is 9. The molecule has 0 fully saturated rings. The maximum Gasteiger partial charge on any atom is 0.296 e. The molecule has 11 nitrogen and oxygen atoms in total. The number of nitrogens with one attached hydrogen (secondary N) is 2. The van der Waals surface area contributed by atoms with Gasteiger partial charge >= 0.3 is 0 Å². The average molecular weight is 495 g/mol. The second-order valence-electron chi connectivity index (χ2n) is 7.61. The fourth-order valence-corrected chi connectivity index (χ4v) is 3.97. The summed E-state index contributed by atoms with van der Waals surface area (Å²) in [5.74, 6) is -0.0191. The zero-order valence-corrected chi connectivity index (χ0v) is 19.9. The lowest BCUT2D eigenvalue weighted by atomic mass is 10.1. The molecule has 3 aromatic heterocycles. The van der Waals surface area contributed by atoms with E-state index in [0.717, 1.165) is 5.56 Å². The SMILES string of the molecule is COc1ccccc1Oc1c(NS(=O)(=O)c2ccc(C(C)C)cn2)nc(-c2ncccn2)[nH]c1=O. The Hall–Kier alpha value is -4.32. The second kappa shape index (κ2) is 9.89. The van der Waals surface area contributed by atoms with Crippen LogP contribution in [0.5, 0.6) is 17.2 Å². The standard InChI is InChI=1S/C23H22N6O5S/c1-14(2)15-9-10-18(26-13-15)35(31,32)29-20-19(34-17-8-5-4-7-16(17)33-3)23(30)28-22(27-20)21-24-11-6-12-25-21/h4-14H,1-3H3,(H2,27,28,29,30). The number of rotatable bonds is 8. The molecule has 4 aromatic rings. The van der Waals surface area contributed by atoms with Crippen LogP contribution in [-0.4, -0.2) is 40.4 Å². The molecule has 180 valence electrons. The molecule has 0 amide bonds. The molecule has 0 spiro atoms. The fourth-order valence-electron chi connectivity index (χ4n) is 3.04. The number of sulfonamides is 1. The van der Waals surface area contributed by atoms with Crippen molar-refractivity contribution in [2.75, 3.05) is 11.8 Å². The predicted octanol–water partition coefficient (Wildman–Crippen LogP) is 3.35. The summed E-state index contributed by atoms with van der Waals surface area (Å²) in [7, 11) is -2.79. The molecule has 0 aliphatic heterocycles. The average Bonchev–Trinajstić information content (AvgIpc) is 2.86. The van der Waals surface area contributed by atoms with E-state index < -0.39 is 21.3 Å². The summed E-state index contributed by atoms with van der Waals surface area (Å²) in [6.07, 6.45) is 4.41. The van der Waals surface area contributed by atoms with Gasteiger partial charge in [0.25, 0.3) is 15.6 Å². The van der Waals surface area contributed by atoms with E-state index >= 15 is 0 Å². The van der Waals surface area contributed by atoms with Crippen molar-refractivity contribution in [3.63, 3.8) is 0 Å². The number of H-pyrrole nitrogens is 1. The number of aromatic amines is 1. The summed E-state index contributed by atoms with van der Waals surface area (Å²) < 4.78 is 39.6. The van der Waals surface area contributed by atoms with Crippen molar-refractivity contribution in [3.05, 3.63) is 77.0 Å². The van der Waals surface area contributed by atoms with Crippen LogP contribution in [0.15, 0.2) is 70.9 Å². The Balaban J connectivity index is 1.80. The highest BCUT2D eigenvalue weighted by atomic mass is 32.2. The summed E-state index contributed by atoms with van der Waals surface area (Å²) in [4.78, 5) is 32.0. The van der Waals surface area contributed by atoms with Crippen LogP contribution in [0.2, 0.25) is 0 Å². The van der Waals surface area contributed by atoms with Crippen LogP contribution in [0.1, 0.15) is 25.3 Å². The highest BCUT2D eigenvalue weighted by Crippen LogP contribution is 2.33. The Morgan fingerprint density at radius 3 is 2.31 bits per heavy atom. The number of aromatic nitrogens is 5. The number of benzene rings is 1. The van der Waals surface area contributed by atoms with E-state index in [4.69, 9.17) is 9.47 Å². The molecule has 0 bridgehead atoms. The third kappa shape index (κ3) is 5.27. The van der Waals surface area contributed by atoms with Gasteiger partial charge in [0.1, 0.15) is 0 Å². The van der Waals surface area contributed by atoms with Gasteiger partial charge < -0.3 is 14.5 Å². The lowest BCUT2D eigenvalue weighted by molar-refractivity contribution is 0.377. The van der Waals surface area contributed by atoms with Crippen molar-refractivity contribution < 1.29 is 17.9 Å². The van der Waals surface area contributed by atoms with Crippen molar-refractivity contribution in [2.24, 2.45) is 0 Å². The van der Waals surface area contributed by atoms with Gasteiger partial charge in [0, 0.05) is 18.6 Å². The number of hydrogen-bond donors (Lipinski definition) is 2. The van der Waals surface area contributed by atoms with Crippen molar-refractivity contribution >= 4 is 15.8 Å². The normalized spacial score (nSPS) is 11.3. The zero-order chi connectivity index (χ0) is 25.0. The highest BCUT2D eigenvalue weighted by Gasteiger charge is 2.24. The minimum absolute atomic E-state index is 0.0520. The van der Waals surface area contributed by atoms with Gasteiger partial charge in [0.2, 0.25) is 5.75 Å². The summed E-state index contributed by atoms with van der Waals surface area (Å²) in [5, 5.41) is -0.246. The van der Waals surface area contributed by atoms with Crippen LogP contribution in [0.3, 0.4) is 0 Å². The van der Waals surface area contributed by atoms with E-state index in [1.54, 1.807) is 36.4 Å². The first kappa shape index (κ1) is 23.8. The molecule has 35 heavy (non-hydrogen) atoms. The van der Waals surface area contributed by atoms with Gasteiger partial charge in [-0.25, -0.2) is 19.9 Å². The smallest absolute Gasteiger partial charge is 0.296 e. The Kier molecular flexibility index (Phi) is 6.73. The summed E-state index contributed by atoms with van der Waals surface area (Å²) >= 11 is 0. The first-order valence-corrected chi connectivity index (χ1v) is 12.0. The van der Waals surface area contributed by atoms with Gasteiger partial charge in [-0.15, -0.1) is 0 Å². The third-order valence-corrected chi connectivity index (χ3v) is 6.12. The molecule has 4 rings (SSSR count). The van der Waals surface area contributed by atoms with Gasteiger partial charge in [0.05, 0.1) is 7.11 Å². The lowest BCUT2D eigenvalue weighted by Gasteiger charge is -2.14. The number of pyridine rings is 1. The van der Waals surface area contributed by atoms with E-state index in [-0.39, 0.29) is 34.2 Å². The van der Waals surface area contributed by atoms with Crippen LogP contribution in [0, 0.1) is 0 Å². The maximum absolute atomic E-state index is 13.1. The zero-order valence-electron chi connectivity index (χ0n) is 19.1. The first-order chi connectivity index (χ1) is 16.8. The van der Waals surface area contributed by atoms with Gasteiger partial charge in [-0.2, -0.15) is 8.42 Å². The number of nitrogens with zero attached hydrogens (tertiary/aromatic N) is 4. The predicted molar refractivity (Wildman–Crippen MR) is 128 cm³/mol. The Morgan fingerprint density at radius 2 is 1.69 bits per heavy atom. The number of ether oxygens (including phenoxy) is 2. The molecular weight excluding hydrogens is 472 g/mol. The first-order valence-electron chi connectivity index (χ1n) is 10.5. The van der Waals surface area contributed by atoms with Crippen LogP contribution in [0.4, 0.5) is 5.82 Å². The molecule has 3 heterocycles. The van der Waals surface area contributed by atoms with Crippen LogP contribution < -0.4 is 19.8 Å². The summed E-state index contributed by atoms with van der Waals surface area (Å²) in [6.45, 7) is 3.94. The van der Waals surface area contributed by atoms with Crippen molar-refractivity contribution in [1.82, 2.24) is 24.9 Å². The molecule has 0 radical (unpaired) electrons. The van der Waals surface area contributed by atoms with Gasteiger partial charge in [-0.3, -0.25) is 9.52 Å². The molecule has 0 atom stereocenters. The minimum Gasteiger partial charge on any atom is -0.493 e. The van der Waals surface area contributed by atoms with E-state index in [0.29, 0.717) is 5.75 Å². The second-order valence-corrected chi connectivity index (χ2v) is 9.24. The monoisotopic (exact) mass is 494 g/mol. The van der Waals surface area contributed by atoms with Crippen molar-refractivity contribution in [1.29, 1.82) is 0 Å². The van der Waals surface area contributed by atoms with Crippen LogP contribution in [0.25, 0.3) is 11.6 Å². The maximum atomic E-state index is 13.1. The van der Waals surface area contributed by atoms with E-state index in [2.05, 4.69) is 29.6 Å². The number of methoxy groups -OCH3 is 1. The number of para-hydroxylation sites is 2. The topological polar surface area (TPSA) is 149 Å². The molecule has 1 aromatic carbocycles. The van der Waals surface area contributed by atoms with E-state index in [9.17, 15) is 13.2 Å². The largest absolute Gasteiger partial charge is 0.493 e. The van der Waals surface area contributed by atoms with Gasteiger partial charge in [0.15, 0.2) is 34.0 Å². The van der Waals surface area contributed by atoms with E-state index in [1.807, 2.05) is 13.8 Å². The molecule has 0 aliphatic rings. The number of anilines is 1. The van der Waals surface area contributed by atoms with Crippen LogP contribution >= 0.6 is 0 Å². The van der Waals surface area contributed by atoms with Crippen LogP contribution in [-0.2, 0) is 10.0 Å². The van der Waals surface area contributed by atoms with Crippen molar-refractivity contribution in [2.45, 2.75) is 24.8 Å². The van der Waals surface area contributed by atoms with Crippen molar-refractivity contribution in [3.8, 4) is 28.9 Å². The molecule has 0 unspecified atom stereocenters. The molecule has 12 heteroatoms. The molecule has 0 aliphatic carbocycles. The fraction of sp³-hybridized carbons (Fsp3) is 0.174. The van der Waals surface area contributed by atoms with Gasteiger partial charge in [-0.1, -0.05) is 32.0 Å². The van der Waals surface area contributed by atoms with Gasteiger partial charge in [-0.05, 0) is 35.7 Å². The summed E-state index contributed by atoms with van der Waals surface area (Å²) in [5.41, 5.74) is 0.121. The Labute approximate surface area is 201 Å².